The smallest absolute Gasteiger partial charge is 0.213 e. The summed E-state index contributed by atoms with van der Waals surface area (Å²) >= 11 is 5.80. The van der Waals surface area contributed by atoms with Crippen LogP contribution >= 0.6 is 11.6 Å². The molecular weight excluding hydrogens is 350 g/mol. The molecule has 0 aliphatic rings. The van der Waals surface area contributed by atoms with E-state index >= 15 is 0 Å². The fourth-order valence-corrected chi connectivity index (χ4v) is 2.30. The zero-order valence-corrected chi connectivity index (χ0v) is 16.1. The minimum atomic E-state index is 0.510. The molecule has 2 heterocycles. The number of halogens is 1. The average molecular weight is 376 g/mol. The van der Waals surface area contributed by atoms with Crippen molar-refractivity contribution in [3.63, 3.8) is 0 Å². The van der Waals surface area contributed by atoms with Crippen LogP contribution in [0, 0.1) is 0 Å². The van der Waals surface area contributed by atoms with Crippen molar-refractivity contribution >= 4 is 17.6 Å². The summed E-state index contributed by atoms with van der Waals surface area (Å²) in [7, 11) is 0. The number of guanidine groups is 1. The third-order valence-corrected chi connectivity index (χ3v) is 3.73. The van der Waals surface area contributed by atoms with E-state index in [1.165, 1.54) is 0 Å². The van der Waals surface area contributed by atoms with Gasteiger partial charge in [0.05, 0.1) is 13.2 Å². The molecular formula is C19H26ClN5O. The van der Waals surface area contributed by atoms with E-state index in [1.54, 1.807) is 18.5 Å². The van der Waals surface area contributed by atoms with Crippen molar-refractivity contribution < 1.29 is 4.74 Å². The van der Waals surface area contributed by atoms with Gasteiger partial charge in [-0.15, -0.1) is 0 Å². The predicted octanol–water partition coefficient (Wildman–Crippen LogP) is 3.22. The summed E-state index contributed by atoms with van der Waals surface area (Å²) in [6, 6.07) is 7.66. The van der Waals surface area contributed by atoms with E-state index in [0.717, 1.165) is 43.0 Å². The van der Waals surface area contributed by atoms with Crippen LogP contribution in [0.5, 0.6) is 5.88 Å². The molecule has 6 nitrogen and oxygen atoms in total. The van der Waals surface area contributed by atoms with Crippen molar-refractivity contribution in [2.24, 2.45) is 4.99 Å². The molecule has 0 unspecified atom stereocenters. The molecule has 0 atom stereocenters. The normalized spacial score (nSPS) is 11.3. The standard InChI is InChI=1S/C19H26ClN5O/c1-3-11-26-18-8-6-16(13-24-18)14-25-19(21-4-2)22-10-9-15-5-7-17(20)23-12-15/h5-8,12-13H,3-4,9-11,14H2,1-2H3,(H2,21,22,25). The predicted molar refractivity (Wildman–Crippen MR) is 106 cm³/mol. The highest BCUT2D eigenvalue weighted by atomic mass is 35.5. The molecule has 0 radical (unpaired) electrons. The van der Waals surface area contributed by atoms with Gasteiger partial charge in [-0.3, -0.25) is 0 Å². The quantitative estimate of drug-likeness (QED) is 0.400. The van der Waals surface area contributed by atoms with Gasteiger partial charge in [-0.1, -0.05) is 30.7 Å². The van der Waals surface area contributed by atoms with Crippen molar-refractivity contribution in [3.8, 4) is 5.88 Å². The van der Waals surface area contributed by atoms with Gasteiger partial charge in [-0.2, -0.15) is 0 Å². The molecule has 0 spiro atoms. The topological polar surface area (TPSA) is 71.4 Å². The molecule has 2 N–H and O–H groups in total. The molecule has 0 aliphatic carbocycles. The summed E-state index contributed by atoms with van der Waals surface area (Å²) in [5.74, 6) is 1.43. The van der Waals surface area contributed by atoms with E-state index in [4.69, 9.17) is 16.3 Å². The van der Waals surface area contributed by atoms with Gasteiger partial charge >= 0.3 is 0 Å². The van der Waals surface area contributed by atoms with Crippen LogP contribution in [0.25, 0.3) is 0 Å². The molecule has 140 valence electrons. The number of hydrogen-bond acceptors (Lipinski definition) is 4. The fourth-order valence-electron chi connectivity index (χ4n) is 2.19. The van der Waals surface area contributed by atoms with E-state index in [0.29, 0.717) is 24.2 Å². The molecule has 26 heavy (non-hydrogen) atoms. The lowest BCUT2D eigenvalue weighted by molar-refractivity contribution is 0.305. The Bertz CT molecular complexity index is 673. The lowest BCUT2D eigenvalue weighted by Crippen LogP contribution is -2.38. The second-order valence-electron chi connectivity index (χ2n) is 5.71. The first-order chi connectivity index (χ1) is 12.7. The summed E-state index contributed by atoms with van der Waals surface area (Å²) in [6.07, 6.45) is 5.41. The van der Waals surface area contributed by atoms with Crippen molar-refractivity contribution in [2.75, 3.05) is 19.7 Å². The fraction of sp³-hybridized carbons (Fsp3) is 0.421. The first-order valence-corrected chi connectivity index (χ1v) is 9.29. The Morgan fingerprint density at radius 2 is 1.88 bits per heavy atom. The summed E-state index contributed by atoms with van der Waals surface area (Å²) in [4.78, 5) is 13.0. The van der Waals surface area contributed by atoms with Crippen molar-refractivity contribution in [1.29, 1.82) is 0 Å². The van der Waals surface area contributed by atoms with Gasteiger partial charge < -0.3 is 15.4 Å². The van der Waals surface area contributed by atoms with E-state index in [2.05, 4.69) is 32.5 Å². The third-order valence-electron chi connectivity index (χ3n) is 3.51. The zero-order chi connectivity index (χ0) is 18.6. The Kier molecular flexibility index (Phi) is 8.69. The minimum absolute atomic E-state index is 0.510. The Morgan fingerprint density at radius 1 is 1.08 bits per heavy atom. The van der Waals surface area contributed by atoms with Crippen molar-refractivity contribution in [1.82, 2.24) is 20.6 Å². The maximum Gasteiger partial charge on any atom is 0.213 e. The van der Waals surface area contributed by atoms with Crippen LogP contribution in [0.2, 0.25) is 5.15 Å². The summed E-state index contributed by atoms with van der Waals surface area (Å²) < 4.78 is 5.49. The van der Waals surface area contributed by atoms with Crippen LogP contribution in [0.15, 0.2) is 41.7 Å². The lowest BCUT2D eigenvalue weighted by Gasteiger charge is -2.11. The minimum Gasteiger partial charge on any atom is -0.478 e. The van der Waals surface area contributed by atoms with Crippen LogP contribution in [0.3, 0.4) is 0 Å². The summed E-state index contributed by atoms with van der Waals surface area (Å²) in [6.45, 7) is 6.91. The first-order valence-electron chi connectivity index (χ1n) is 8.91. The van der Waals surface area contributed by atoms with Crippen LogP contribution in [-0.4, -0.2) is 35.6 Å². The Labute approximate surface area is 160 Å². The number of ether oxygens (including phenoxy) is 1. The first kappa shape index (κ1) is 20.0. The molecule has 0 saturated heterocycles. The number of hydrogen-bond donors (Lipinski definition) is 2. The largest absolute Gasteiger partial charge is 0.478 e. The SMILES string of the molecule is CCCOc1ccc(CN=C(NCC)NCCc2ccc(Cl)nc2)cn1. The third kappa shape index (κ3) is 7.27. The Hall–Kier alpha value is -2.34. The molecule has 0 saturated carbocycles. The number of pyridine rings is 2. The van der Waals surface area contributed by atoms with Crippen molar-refractivity contribution in [2.45, 2.75) is 33.2 Å². The van der Waals surface area contributed by atoms with Crippen LogP contribution in [0.4, 0.5) is 0 Å². The van der Waals surface area contributed by atoms with Gasteiger partial charge in [-0.25, -0.2) is 15.0 Å². The molecule has 2 rings (SSSR count). The molecule has 2 aromatic rings. The molecule has 0 aromatic carbocycles. The monoisotopic (exact) mass is 375 g/mol. The summed E-state index contributed by atoms with van der Waals surface area (Å²) in [5.41, 5.74) is 2.16. The maximum atomic E-state index is 5.80. The molecule has 2 aromatic heterocycles. The maximum absolute atomic E-state index is 5.80. The van der Waals surface area contributed by atoms with E-state index in [1.807, 2.05) is 25.1 Å². The summed E-state index contributed by atoms with van der Waals surface area (Å²) in [5, 5.41) is 7.08. The second kappa shape index (κ2) is 11.3. The van der Waals surface area contributed by atoms with Gasteiger partial charge in [0.25, 0.3) is 0 Å². The Balaban J connectivity index is 1.84. The van der Waals surface area contributed by atoms with Gasteiger partial charge in [0.1, 0.15) is 5.15 Å². The van der Waals surface area contributed by atoms with Gasteiger partial charge in [0.15, 0.2) is 5.96 Å². The number of aromatic nitrogens is 2. The zero-order valence-electron chi connectivity index (χ0n) is 15.3. The highest BCUT2D eigenvalue weighted by molar-refractivity contribution is 6.29. The van der Waals surface area contributed by atoms with E-state index < -0.39 is 0 Å². The highest BCUT2D eigenvalue weighted by Crippen LogP contribution is 2.09. The van der Waals surface area contributed by atoms with Crippen LogP contribution in [0.1, 0.15) is 31.4 Å². The molecule has 0 bridgehead atoms. The van der Waals surface area contributed by atoms with Crippen molar-refractivity contribution in [3.05, 3.63) is 52.9 Å². The Morgan fingerprint density at radius 3 is 2.54 bits per heavy atom. The number of nitrogens with one attached hydrogen (secondary N) is 2. The average Bonchev–Trinajstić information content (AvgIpc) is 2.67. The molecule has 0 aliphatic heterocycles. The van der Waals surface area contributed by atoms with E-state index in [9.17, 15) is 0 Å². The highest BCUT2D eigenvalue weighted by Gasteiger charge is 2.00. The number of nitrogens with zero attached hydrogens (tertiary/aromatic N) is 3. The number of aliphatic imine (C=N–C) groups is 1. The second-order valence-corrected chi connectivity index (χ2v) is 6.10. The van der Waals surface area contributed by atoms with Gasteiger partial charge in [-0.05, 0) is 37.0 Å². The van der Waals surface area contributed by atoms with E-state index in [-0.39, 0.29) is 0 Å². The molecule has 0 fully saturated rings. The number of rotatable bonds is 9. The van der Waals surface area contributed by atoms with Gasteiger partial charge in [0.2, 0.25) is 5.88 Å². The van der Waals surface area contributed by atoms with Crippen LogP contribution < -0.4 is 15.4 Å². The lowest BCUT2D eigenvalue weighted by atomic mass is 10.2. The van der Waals surface area contributed by atoms with Crippen LogP contribution in [-0.2, 0) is 13.0 Å². The molecule has 0 amide bonds. The van der Waals surface area contributed by atoms with Gasteiger partial charge in [0, 0.05) is 31.5 Å². The molecule has 7 heteroatoms.